The quantitative estimate of drug-likeness (QED) is 0.560. The van der Waals surface area contributed by atoms with Gasteiger partial charge in [-0.15, -0.1) is 0 Å². The van der Waals surface area contributed by atoms with Crippen molar-refractivity contribution in [1.82, 2.24) is 9.97 Å². The Morgan fingerprint density at radius 1 is 0.938 bits per heavy atom. The second-order valence-electron chi connectivity index (χ2n) is 2.97. The highest BCUT2D eigenvalue weighted by Gasteiger charge is 2.08. The molecule has 6 heteroatoms. The predicted octanol–water partition coefficient (Wildman–Crippen LogP) is 4.76. The van der Waals surface area contributed by atoms with Crippen molar-refractivity contribution in [3.05, 3.63) is 44.9 Å². The van der Waals surface area contributed by atoms with Gasteiger partial charge in [-0.2, -0.15) is 0 Å². The minimum atomic E-state index is 0.105. The van der Waals surface area contributed by atoms with E-state index >= 15 is 0 Å². The van der Waals surface area contributed by atoms with Gasteiger partial charge in [0.15, 0.2) is 0 Å². The number of hydrogen-bond donors (Lipinski definition) is 0. The second-order valence-corrected chi connectivity index (χ2v) is 4.48. The maximum Gasteiger partial charge on any atom is 0.223 e. The second kappa shape index (κ2) is 4.76. The fourth-order valence-corrected chi connectivity index (χ4v) is 1.91. The molecule has 1 heterocycles. The lowest BCUT2D eigenvalue weighted by molar-refractivity contribution is 1.17. The van der Waals surface area contributed by atoms with Crippen LogP contribution in [0.15, 0.2) is 24.4 Å². The molecule has 16 heavy (non-hydrogen) atoms. The SMILES string of the molecule is Clc1ncc(-c2ccc(Cl)c(Cl)c2)c(Cl)n1. The highest BCUT2D eigenvalue weighted by molar-refractivity contribution is 6.42. The molecule has 0 radical (unpaired) electrons. The largest absolute Gasteiger partial charge is 0.226 e. The number of rotatable bonds is 1. The Labute approximate surface area is 112 Å². The molecule has 0 aliphatic rings. The van der Waals surface area contributed by atoms with Crippen molar-refractivity contribution in [3.8, 4) is 11.1 Å². The van der Waals surface area contributed by atoms with Crippen molar-refractivity contribution in [2.24, 2.45) is 0 Å². The lowest BCUT2D eigenvalue weighted by Crippen LogP contribution is -1.87. The standard InChI is InChI=1S/C10H4Cl4N2/c11-7-2-1-5(3-8(7)12)6-4-15-10(14)16-9(6)13/h1-4H. The molecule has 0 saturated carbocycles. The van der Waals surface area contributed by atoms with Gasteiger partial charge in [-0.3, -0.25) is 0 Å². The van der Waals surface area contributed by atoms with Gasteiger partial charge in [0.1, 0.15) is 5.15 Å². The summed E-state index contributed by atoms with van der Waals surface area (Å²) in [7, 11) is 0. The summed E-state index contributed by atoms with van der Waals surface area (Å²) < 4.78 is 0. The Hall–Kier alpha value is -0.540. The summed E-state index contributed by atoms with van der Waals surface area (Å²) in [5.74, 6) is 0. The van der Waals surface area contributed by atoms with E-state index in [1.54, 1.807) is 18.2 Å². The fraction of sp³-hybridized carbons (Fsp3) is 0. The third-order valence-corrected chi connectivity index (χ3v) is 3.15. The first kappa shape index (κ1) is 11.9. The molecule has 0 unspecified atom stereocenters. The summed E-state index contributed by atoms with van der Waals surface area (Å²) in [5.41, 5.74) is 1.45. The van der Waals surface area contributed by atoms with E-state index in [-0.39, 0.29) is 10.4 Å². The van der Waals surface area contributed by atoms with Crippen LogP contribution in [0.3, 0.4) is 0 Å². The Bertz CT molecular complexity index is 542. The van der Waals surface area contributed by atoms with Crippen molar-refractivity contribution < 1.29 is 0 Å². The first-order chi connectivity index (χ1) is 7.58. The number of nitrogens with zero attached hydrogens (tertiary/aromatic N) is 2. The van der Waals surface area contributed by atoms with Gasteiger partial charge in [0, 0.05) is 11.8 Å². The zero-order valence-electron chi connectivity index (χ0n) is 7.72. The monoisotopic (exact) mass is 292 g/mol. The van der Waals surface area contributed by atoms with Gasteiger partial charge in [0.2, 0.25) is 5.28 Å². The van der Waals surface area contributed by atoms with Crippen molar-refractivity contribution >= 4 is 46.4 Å². The molecule has 0 aliphatic carbocycles. The van der Waals surface area contributed by atoms with Crippen LogP contribution >= 0.6 is 46.4 Å². The maximum atomic E-state index is 5.94. The number of hydrogen-bond acceptors (Lipinski definition) is 2. The van der Waals surface area contributed by atoms with E-state index in [0.29, 0.717) is 15.6 Å². The third kappa shape index (κ3) is 2.41. The van der Waals surface area contributed by atoms with Gasteiger partial charge < -0.3 is 0 Å². The molecular formula is C10H4Cl4N2. The van der Waals surface area contributed by atoms with Crippen LogP contribution in [-0.2, 0) is 0 Å². The lowest BCUT2D eigenvalue weighted by Gasteiger charge is -2.04. The van der Waals surface area contributed by atoms with Crippen LogP contribution in [0.4, 0.5) is 0 Å². The summed E-state index contributed by atoms with van der Waals surface area (Å²) in [6.07, 6.45) is 1.54. The Balaban J connectivity index is 2.54. The lowest BCUT2D eigenvalue weighted by atomic mass is 10.1. The van der Waals surface area contributed by atoms with Crippen molar-refractivity contribution in [1.29, 1.82) is 0 Å². The molecule has 0 fully saturated rings. The molecule has 1 aromatic carbocycles. The van der Waals surface area contributed by atoms with E-state index in [4.69, 9.17) is 46.4 Å². The van der Waals surface area contributed by atoms with Crippen LogP contribution in [0, 0.1) is 0 Å². The molecule has 0 bridgehead atoms. The van der Waals surface area contributed by atoms with Gasteiger partial charge in [0.05, 0.1) is 10.0 Å². The summed E-state index contributed by atoms with van der Waals surface area (Å²) in [5, 5.41) is 1.31. The molecule has 0 atom stereocenters. The Kier molecular flexibility index (Phi) is 3.55. The van der Waals surface area contributed by atoms with E-state index in [9.17, 15) is 0 Å². The number of aromatic nitrogens is 2. The van der Waals surface area contributed by atoms with Crippen molar-refractivity contribution in [3.63, 3.8) is 0 Å². The summed E-state index contributed by atoms with van der Waals surface area (Å²) >= 11 is 23.3. The van der Waals surface area contributed by atoms with E-state index in [1.165, 1.54) is 6.20 Å². The normalized spacial score (nSPS) is 10.5. The average Bonchev–Trinajstić information content (AvgIpc) is 2.22. The Morgan fingerprint density at radius 3 is 2.31 bits per heavy atom. The van der Waals surface area contributed by atoms with Crippen molar-refractivity contribution in [2.45, 2.75) is 0 Å². The van der Waals surface area contributed by atoms with Crippen LogP contribution in [-0.4, -0.2) is 9.97 Å². The summed E-state index contributed by atoms with van der Waals surface area (Å²) in [6, 6.07) is 5.17. The molecule has 2 rings (SSSR count). The smallest absolute Gasteiger partial charge is 0.223 e. The van der Waals surface area contributed by atoms with E-state index in [2.05, 4.69) is 9.97 Å². The molecular weight excluding hydrogens is 290 g/mol. The molecule has 0 aliphatic heterocycles. The maximum absolute atomic E-state index is 5.94. The Morgan fingerprint density at radius 2 is 1.69 bits per heavy atom. The van der Waals surface area contributed by atoms with Gasteiger partial charge >= 0.3 is 0 Å². The highest BCUT2D eigenvalue weighted by atomic mass is 35.5. The topological polar surface area (TPSA) is 25.8 Å². The molecule has 0 saturated heterocycles. The highest BCUT2D eigenvalue weighted by Crippen LogP contribution is 2.31. The van der Waals surface area contributed by atoms with Crippen molar-refractivity contribution in [2.75, 3.05) is 0 Å². The van der Waals surface area contributed by atoms with E-state index in [1.807, 2.05) is 0 Å². The summed E-state index contributed by atoms with van der Waals surface area (Å²) in [4.78, 5) is 7.71. The van der Waals surface area contributed by atoms with E-state index in [0.717, 1.165) is 5.56 Å². The molecule has 82 valence electrons. The minimum absolute atomic E-state index is 0.105. The average molecular weight is 294 g/mol. The number of halogens is 4. The third-order valence-electron chi connectivity index (χ3n) is 1.94. The van der Waals surface area contributed by atoms with Gasteiger partial charge in [-0.1, -0.05) is 40.9 Å². The van der Waals surface area contributed by atoms with Gasteiger partial charge in [-0.25, -0.2) is 9.97 Å². The predicted molar refractivity (Wildman–Crippen MR) is 67.5 cm³/mol. The van der Waals surface area contributed by atoms with Gasteiger partial charge in [0.25, 0.3) is 0 Å². The van der Waals surface area contributed by atoms with Crippen LogP contribution in [0.25, 0.3) is 11.1 Å². The molecule has 2 nitrogen and oxygen atoms in total. The molecule has 2 aromatic rings. The molecule has 0 spiro atoms. The van der Waals surface area contributed by atoms with Crippen LogP contribution in [0.1, 0.15) is 0 Å². The van der Waals surface area contributed by atoms with Crippen LogP contribution in [0.2, 0.25) is 20.5 Å². The summed E-state index contributed by atoms with van der Waals surface area (Å²) in [6.45, 7) is 0. The number of benzene rings is 1. The first-order valence-electron chi connectivity index (χ1n) is 4.21. The molecule has 0 amide bonds. The fourth-order valence-electron chi connectivity index (χ4n) is 1.20. The zero-order chi connectivity index (χ0) is 11.7. The van der Waals surface area contributed by atoms with Crippen LogP contribution < -0.4 is 0 Å². The first-order valence-corrected chi connectivity index (χ1v) is 5.72. The molecule has 1 aromatic heterocycles. The molecule has 0 N–H and O–H groups in total. The van der Waals surface area contributed by atoms with Crippen LogP contribution in [0.5, 0.6) is 0 Å². The minimum Gasteiger partial charge on any atom is -0.226 e. The van der Waals surface area contributed by atoms with Gasteiger partial charge in [-0.05, 0) is 29.3 Å². The van der Waals surface area contributed by atoms with E-state index < -0.39 is 0 Å². The zero-order valence-corrected chi connectivity index (χ0v) is 10.7.